The van der Waals surface area contributed by atoms with Crippen molar-refractivity contribution in [2.24, 2.45) is 0 Å². The Morgan fingerprint density at radius 2 is 1.87 bits per heavy atom. The van der Waals surface area contributed by atoms with Crippen molar-refractivity contribution in [3.63, 3.8) is 0 Å². The van der Waals surface area contributed by atoms with Crippen LogP contribution in [0.1, 0.15) is 16.7 Å². The summed E-state index contributed by atoms with van der Waals surface area (Å²) >= 11 is 11.6. The normalized spacial score (nSPS) is 11.4. The van der Waals surface area contributed by atoms with Gasteiger partial charge in [-0.3, -0.25) is 0 Å². The third kappa shape index (κ3) is 4.17. The number of hydrogen-bond donors (Lipinski definition) is 0. The van der Waals surface area contributed by atoms with Crippen molar-refractivity contribution < 1.29 is 22.6 Å². The highest BCUT2D eigenvalue weighted by atomic mass is 35.5. The number of hydrogen-bond acceptors (Lipinski definition) is 4. The molecule has 0 spiro atoms. The van der Waals surface area contributed by atoms with Crippen LogP contribution in [-0.4, -0.2) is 17.1 Å². The van der Waals surface area contributed by atoms with Gasteiger partial charge in [0.1, 0.15) is 11.8 Å². The SMILES string of the molecule is COc1nc(Cl)c(C)c(OCc2ccc(C(F)(F)F)c(Cl)c2)n1. The molecule has 0 fully saturated rings. The second-order valence-corrected chi connectivity index (χ2v) is 5.30. The van der Waals surface area contributed by atoms with E-state index in [0.717, 1.165) is 6.07 Å². The van der Waals surface area contributed by atoms with Crippen molar-refractivity contribution in [1.82, 2.24) is 9.97 Å². The fraction of sp³-hybridized carbons (Fsp3) is 0.286. The van der Waals surface area contributed by atoms with Gasteiger partial charge in [0.25, 0.3) is 0 Å². The molecule has 0 aliphatic rings. The number of rotatable bonds is 4. The van der Waals surface area contributed by atoms with Crippen LogP contribution in [-0.2, 0) is 12.8 Å². The zero-order valence-corrected chi connectivity index (χ0v) is 13.6. The Kier molecular flexibility index (Phi) is 5.21. The van der Waals surface area contributed by atoms with Gasteiger partial charge in [0.05, 0.1) is 17.7 Å². The largest absolute Gasteiger partial charge is 0.472 e. The zero-order chi connectivity index (χ0) is 17.2. The molecule has 0 unspecified atom stereocenters. The average Bonchev–Trinajstić information content (AvgIpc) is 2.47. The highest BCUT2D eigenvalue weighted by Crippen LogP contribution is 2.35. The first-order chi connectivity index (χ1) is 10.7. The minimum absolute atomic E-state index is 0.0288. The summed E-state index contributed by atoms with van der Waals surface area (Å²) in [5.41, 5.74) is 0.0485. The van der Waals surface area contributed by atoms with Gasteiger partial charge < -0.3 is 9.47 Å². The smallest absolute Gasteiger partial charge is 0.417 e. The van der Waals surface area contributed by atoms with E-state index in [0.29, 0.717) is 11.1 Å². The van der Waals surface area contributed by atoms with E-state index in [1.165, 1.54) is 19.2 Å². The second kappa shape index (κ2) is 6.80. The van der Waals surface area contributed by atoms with Crippen LogP contribution in [0, 0.1) is 6.92 Å². The number of alkyl halides is 3. The lowest BCUT2D eigenvalue weighted by molar-refractivity contribution is -0.137. The van der Waals surface area contributed by atoms with E-state index in [-0.39, 0.29) is 23.7 Å². The number of halogens is 5. The molecule has 23 heavy (non-hydrogen) atoms. The molecule has 0 saturated heterocycles. The van der Waals surface area contributed by atoms with Crippen molar-refractivity contribution in [2.75, 3.05) is 7.11 Å². The van der Waals surface area contributed by atoms with Crippen molar-refractivity contribution in [3.8, 4) is 11.9 Å². The van der Waals surface area contributed by atoms with Crippen LogP contribution in [0.2, 0.25) is 10.2 Å². The molecule has 0 radical (unpaired) electrons. The topological polar surface area (TPSA) is 44.2 Å². The molecule has 0 amide bonds. The second-order valence-electron chi connectivity index (χ2n) is 4.53. The molecular formula is C14H11Cl2F3N2O2. The molecule has 2 aromatic rings. The van der Waals surface area contributed by atoms with Gasteiger partial charge in [-0.25, -0.2) is 0 Å². The van der Waals surface area contributed by atoms with E-state index in [9.17, 15) is 13.2 Å². The number of methoxy groups -OCH3 is 1. The molecular weight excluding hydrogens is 356 g/mol. The molecule has 4 nitrogen and oxygen atoms in total. The predicted molar refractivity (Wildman–Crippen MR) is 79.1 cm³/mol. The van der Waals surface area contributed by atoms with Crippen molar-refractivity contribution >= 4 is 23.2 Å². The molecule has 0 aliphatic heterocycles. The van der Waals surface area contributed by atoms with Gasteiger partial charge in [0.15, 0.2) is 0 Å². The first kappa shape index (κ1) is 17.6. The van der Waals surface area contributed by atoms with Gasteiger partial charge in [-0.05, 0) is 24.6 Å². The Balaban J connectivity index is 2.19. The maximum absolute atomic E-state index is 12.7. The van der Waals surface area contributed by atoms with Gasteiger partial charge in [-0.2, -0.15) is 23.1 Å². The average molecular weight is 367 g/mol. The molecule has 0 aliphatic carbocycles. The first-order valence-electron chi connectivity index (χ1n) is 6.29. The standard InChI is InChI=1S/C14H11Cl2F3N2O2/c1-7-11(16)20-13(22-2)21-12(7)23-6-8-3-4-9(10(15)5-8)14(17,18)19/h3-5H,6H2,1-2H3. The summed E-state index contributed by atoms with van der Waals surface area (Å²) in [6.07, 6.45) is -4.50. The molecule has 9 heteroatoms. The van der Waals surface area contributed by atoms with E-state index in [2.05, 4.69) is 9.97 Å². The van der Waals surface area contributed by atoms with Crippen LogP contribution in [0.4, 0.5) is 13.2 Å². The molecule has 124 valence electrons. The Labute approximate surface area is 140 Å². The number of benzene rings is 1. The molecule has 1 heterocycles. The molecule has 0 bridgehead atoms. The van der Waals surface area contributed by atoms with Gasteiger partial charge in [0, 0.05) is 5.56 Å². The monoisotopic (exact) mass is 366 g/mol. The minimum Gasteiger partial charge on any atom is -0.472 e. The summed E-state index contributed by atoms with van der Waals surface area (Å²) in [5, 5.41) is -0.231. The van der Waals surface area contributed by atoms with Gasteiger partial charge in [0.2, 0.25) is 5.88 Å². The summed E-state index contributed by atoms with van der Waals surface area (Å²) in [6, 6.07) is 3.41. The van der Waals surface area contributed by atoms with Crippen molar-refractivity contribution in [1.29, 1.82) is 0 Å². The first-order valence-corrected chi connectivity index (χ1v) is 7.04. The van der Waals surface area contributed by atoms with Crippen LogP contribution in [0.5, 0.6) is 11.9 Å². The third-order valence-corrected chi connectivity index (χ3v) is 3.60. The fourth-order valence-electron chi connectivity index (χ4n) is 1.71. The summed E-state index contributed by atoms with van der Waals surface area (Å²) in [4.78, 5) is 7.86. The predicted octanol–water partition coefficient (Wildman–Crippen LogP) is 4.70. The molecule has 0 N–H and O–H groups in total. The van der Waals surface area contributed by atoms with E-state index in [4.69, 9.17) is 32.7 Å². The summed E-state index contributed by atoms with van der Waals surface area (Å²) in [5.74, 6) is 0.179. The Morgan fingerprint density at radius 3 is 2.43 bits per heavy atom. The van der Waals surface area contributed by atoms with Crippen molar-refractivity contribution in [3.05, 3.63) is 45.1 Å². The Hall–Kier alpha value is -1.73. The highest BCUT2D eigenvalue weighted by Gasteiger charge is 2.33. The number of aromatic nitrogens is 2. The van der Waals surface area contributed by atoms with Gasteiger partial charge in [-0.15, -0.1) is 0 Å². The van der Waals surface area contributed by atoms with E-state index >= 15 is 0 Å². The molecule has 1 aromatic heterocycles. The number of ether oxygens (including phenoxy) is 2. The van der Waals surface area contributed by atoms with E-state index < -0.39 is 16.8 Å². The number of nitrogens with zero attached hydrogens (tertiary/aromatic N) is 2. The lowest BCUT2D eigenvalue weighted by atomic mass is 10.1. The molecule has 1 aromatic carbocycles. The van der Waals surface area contributed by atoms with Crippen LogP contribution in [0.25, 0.3) is 0 Å². The van der Waals surface area contributed by atoms with E-state index in [1.807, 2.05) is 0 Å². The Bertz CT molecular complexity index is 724. The van der Waals surface area contributed by atoms with Gasteiger partial charge in [-0.1, -0.05) is 29.3 Å². The third-order valence-electron chi connectivity index (χ3n) is 2.92. The van der Waals surface area contributed by atoms with Crippen LogP contribution in [0.15, 0.2) is 18.2 Å². The molecule has 0 saturated carbocycles. The molecule has 2 rings (SSSR count). The van der Waals surface area contributed by atoms with Gasteiger partial charge >= 0.3 is 12.2 Å². The Morgan fingerprint density at radius 1 is 1.17 bits per heavy atom. The summed E-state index contributed by atoms with van der Waals surface area (Å²) in [7, 11) is 1.38. The summed E-state index contributed by atoms with van der Waals surface area (Å²) < 4.78 is 48.3. The lowest BCUT2D eigenvalue weighted by Gasteiger charge is -2.12. The van der Waals surface area contributed by atoms with Crippen LogP contribution >= 0.6 is 23.2 Å². The van der Waals surface area contributed by atoms with Crippen LogP contribution in [0.3, 0.4) is 0 Å². The quantitative estimate of drug-likeness (QED) is 0.735. The maximum atomic E-state index is 12.7. The summed E-state index contributed by atoms with van der Waals surface area (Å²) in [6.45, 7) is 1.62. The lowest BCUT2D eigenvalue weighted by Crippen LogP contribution is -2.07. The fourth-order valence-corrected chi connectivity index (χ4v) is 2.18. The van der Waals surface area contributed by atoms with E-state index in [1.54, 1.807) is 6.92 Å². The maximum Gasteiger partial charge on any atom is 0.417 e. The van der Waals surface area contributed by atoms with Crippen molar-refractivity contribution in [2.45, 2.75) is 19.7 Å². The van der Waals surface area contributed by atoms with Crippen LogP contribution < -0.4 is 9.47 Å². The molecule has 0 atom stereocenters. The zero-order valence-electron chi connectivity index (χ0n) is 12.0. The highest BCUT2D eigenvalue weighted by molar-refractivity contribution is 6.31. The minimum atomic E-state index is -4.50.